The third-order valence-corrected chi connectivity index (χ3v) is 4.06. The first-order chi connectivity index (χ1) is 11.2. The minimum absolute atomic E-state index is 0.285. The molecule has 3 aromatic rings. The summed E-state index contributed by atoms with van der Waals surface area (Å²) in [6.45, 7) is 4.20. The number of furan rings is 1. The Balaban J connectivity index is 1.84. The first-order valence-electron chi connectivity index (χ1n) is 7.14. The second-order valence-electron chi connectivity index (χ2n) is 4.67. The summed E-state index contributed by atoms with van der Waals surface area (Å²) in [7, 11) is 0. The van der Waals surface area contributed by atoms with Crippen molar-refractivity contribution in [2.75, 3.05) is 6.61 Å². The van der Waals surface area contributed by atoms with Crippen LogP contribution in [-0.2, 0) is 0 Å². The van der Waals surface area contributed by atoms with E-state index in [1.54, 1.807) is 36.6 Å². The van der Waals surface area contributed by atoms with Crippen molar-refractivity contribution in [2.24, 2.45) is 0 Å². The molecule has 0 amide bonds. The highest BCUT2D eigenvalue weighted by Crippen LogP contribution is 2.30. The fraction of sp³-hybridized carbons (Fsp3) is 0.176. The highest BCUT2D eigenvalue weighted by Gasteiger charge is 2.20. The lowest BCUT2D eigenvalue weighted by Gasteiger charge is -2.09. The predicted octanol–water partition coefficient (Wildman–Crippen LogP) is 4.33. The highest BCUT2D eigenvalue weighted by atomic mass is 32.1. The van der Waals surface area contributed by atoms with Crippen molar-refractivity contribution in [2.45, 2.75) is 13.8 Å². The number of carbonyl (C=O) groups is 1. The van der Waals surface area contributed by atoms with Gasteiger partial charge in [-0.15, -0.1) is 11.3 Å². The van der Waals surface area contributed by atoms with Gasteiger partial charge in [-0.3, -0.25) is 0 Å². The monoisotopic (exact) mass is 329 g/mol. The van der Waals surface area contributed by atoms with E-state index in [0.29, 0.717) is 28.9 Å². The lowest BCUT2D eigenvalue weighted by molar-refractivity contribution is 0.0722. The van der Waals surface area contributed by atoms with E-state index in [1.165, 1.54) is 11.3 Å². The fourth-order valence-electron chi connectivity index (χ4n) is 2.05. The van der Waals surface area contributed by atoms with E-state index in [2.05, 4.69) is 4.98 Å². The zero-order valence-corrected chi connectivity index (χ0v) is 13.6. The summed E-state index contributed by atoms with van der Waals surface area (Å²) in [6, 6.07) is 10.6. The number of benzene rings is 1. The molecule has 0 aliphatic rings. The second kappa shape index (κ2) is 6.66. The molecular formula is C17H15NO4S. The molecule has 5 nitrogen and oxygen atoms in total. The number of hydrogen-bond acceptors (Lipinski definition) is 6. The molecule has 23 heavy (non-hydrogen) atoms. The van der Waals surface area contributed by atoms with Gasteiger partial charge in [0, 0.05) is 4.88 Å². The van der Waals surface area contributed by atoms with Gasteiger partial charge in [0.1, 0.15) is 0 Å². The van der Waals surface area contributed by atoms with Crippen molar-refractivity contribution in [1.29, 1.82) is 0 Å². The van der Waals surface area contributed by atoms with Gasteiger partial charge in [-0.2, -0.15) is 0 Å². The summed E-state index contributed by atoms with van der Waals surface area (Å²) in [5.74, 6) is 1.03. The van der Waals surface area contributed by atoms with E-state index < -0.39 is 5.97 Å². The maximum absolute atomic E-state index is 12.4. The van der Waals surface area contributed by atoms with Crippen molar-refractivity contribution in [3.63, 3.8) is 0 Å². The molecule has 6 heteroatoms. The Morgan fingerprint density at radius 3 is 2.70 bits per heavy atom. The first-order valence-corrected chi connectivity index (χ1v) is 7.96. The molecule has 2 heterocycles. The summed E-state index contributed by atoms with van der Waals surface area (Å²) in [4.78, 5) is 17.5. The first kappa shape index (κ1) is 15.3. The number of ether oxygens (including phenoxy) is 2. The molecule has 0 aliphatic heterocycles. The van der Waals surface area contributed by atoms with Gasteiger partial charge in [-0.25, -0.2) is 9.78 Å². The average Bonchev–Trinajstić information content (AvgIpc) is 3.18. The summed E-state index contributed by atoms with van der Waals surface area (Å²) in [6.07, 6.45) is 1.57. The van der Waals surface area contributed by atoms with Gasteiger partial charge >= 0.3 is 5.97 Å². The van der Waals surface area contributed by atoms with Gasteiger partial charge in [0.2, 0.25) is 0 Å². The Labute approximate surface area is 137 Å². The van der Waals surface area contributed by atoms with Gasteiger partial charge in [0.15, 0.2) is 28.0 Å². The van der Waals surface area contributed by atoms with E-state index in [9.17, 15) is 4.79 Å². The standard InChI is InChI=1S/C17H15NO4S/c1-3-20-12-7-4-5-8-13(12)22-17(19)15-11(2)23-16(18-15)14-9-6-10-21-14/h4-10H,3H2,1-2H3. The quantitative estimate of drug-likeness (QED) is 0.515. The zero-order chi connectivity index (χ0) is 16.2. The molecule has 1 aromatic carbocycles. The van der Waals surface area contributed by atoms with E-state index in [0.717, 1.165) is 4.88 Å². The molecule has 2 aromatic heterocycles. The lowest BCUT2D eigenvalue weighted by Crippen LogP contribution is -2.11. The number of esters is 1. The topological polar surface area (TPSA) is 61.6 Å². The van der Waals surface area contributed by atoms with E-state index in [-0.39, 0.29) is 5.69 Å². The maximum Gasteiger partial charge on any atom is 0.363 e. The van der Waals surface area contributed by atoms with E-state index in [1.807, 2.05) is 19.9 Å². The van der Waals surface area contributed by atoms with Crippen LogP contribution in [0.2, 0.25) is 0 Å². The van der Waals surface area contributed by atoms with Crippen LogP contribution < -0.4 is 9.47 Å². The normalized spacial score (nSPS) is 10.5. The molecule has 0 spiro atoms. The number of para-hydroxylation sites is 2. The molecule has 0 fully saturated rings. The summed E-state index contributed by atoms with van der Waals surface area (Å²) in [5.41, 5.74) is 0.285. The molecule has 0 atom stereocenters. The van der Waals surface area contributed by atoms with Crippen LogP contribution in [0.4, 0.5) is 0 Å². The largest absolute Gasteiger partial charge is 0.490 e. The molecule has 0 radical (unpaired) electrons. The molecule has 118 valence electrons. The van der Waals surface area contributed by atoms with Crippen LogP contribution in [0.25, 0.3) is 10.8 Å². The fourth-order valence-corrected chi connectivity index (χ4v) is 2.92. The smallest absolute Gasteiger partial charge is 0.363 e. The molecule has 0 saturated carbocycles. The number of aryl methyl sites for hydroxylation is 1. The predicted molar refractivity (Wildman–Crippen MR) is 87.1 cm³/mol. The molecule has 0 bridgehead atoms. The summed E-state index contributed by atoms with van der Waals surface area (Å²) in [5, 5.41) is 0.651. The van der Waals surface area contributed by atoms with E-state index >= 15 is 0 Å². The number of aromatic nitrogens is 1. The van der Waals surface area contributed by atoms with Crippen LogP contribution in [0, 0.1) is 6.92 Å². The highest BCUT2D eigenvalue weighted by molar-refractivity contribution is 7.15. The third kappa shape index (κ3) is 3.27. The van der Waals surface area contributed by atoms with Crippen LogP contribution >= 0.6 is 11.3 Å². The maximum atomic E-state index is 12.4. The van der Waals surface area contributed by atoms with E-state index in [4.69, 9.17) is 13.9 Å². The van der Waals surface area contributed by atoms with Crippen LogP contribution in [0.3, 0.4) is 0 Å². The molecule has 0 N–H and O–H groups in total. The van der Waals surface area contributed by atoms with Crippen molar-refractivity contribution in [1.82, 2.24) is 4.98 Å². The molecule has 0 saturated heterocycles. The Kier molecular flexibility index (Phi) is 4.43. The number of rotatable bonds is 5. The molecular weight excluding hydrogens is 314 g/mol. The van der Waals surface area contributed by atoms with Gasteiger partial charge < -0.3 is 13.9 Å². The number of thiazole rings is 1. The van der Waals surface area contributed by atoms with Crippen LogP contribution in [0.1, 0.15) is 22.3 Å². The Hall–Kier alpha value is -2.60. The molecule has 0 aliphatic carbocycles. The van der Waals surface area contributed by atoms with Crippen molar-refractivity contribution in [3.8, 4) is 22.3 Å². The van der Waals surface area contributed by atoms with Gasteiger partial charge in [-0.1, -0.05) is 12.1 Å². The summed E-state index contributed by atoms with van der Waals surface area (Å²) >= 11 is 1.39. The second-order valence-corrected chi connectivity index (χ2v) is 5.87. The zero-order valence-electron chi connectivity index (χ0n) is 12.7. The van der Waals surface area contributed by atoms with Gasteiger partial charge in [0.05, 0.1) is 12.9 Å². The Bertz CT molecular complexity index is 808. The van der Waals surface area contributed by atoms with Crippen molar-refractivity contribution < 1.29 is 18.7 Å². The van der Waals surface area contributed by atoms with Crippen molar-refractivity contribution in [3.05, 3.63) is 53.2 Å². The number of carbonyl (C=O) groups excluding carboxylic acids is 1. The van der Waals surface area contributed by atoms with Gasteiger partial charge in [-0.05, 0) is 38.1 Å². The van der Waals surface area contributed by atoms with Gasteiger partial charge in [0.25, 0.3) is 0 Å². The molecule has 0 unspecified atom stereocenters. The minimum atomic E-state index is -0.510. The lowest BCUT2D eigenvalue weighted by atomic mass is 10.3. The van der Waals surface area contributed by atoms with Crippen LogP contribution in [0.5, 0.6) is 11.5 Å². The SMILES string of the molecule is CCOc1ccccc1OC(=O)c1nc(-c2ccco2)sc1C. The van der Waals surface area contributed by atoms with Crippen molar-refractivity contribution >= 4 is 17.3 Å². The number of hydrogen-bond donors (Lipinski definition) is 0. The average molecular weight is 329 g/mol. The summed E-state index contributed by atoms with van der Waals surface area (Å²) < 4.78 is 16.2. The Morgan fingerprint density at radius 2 is 2.00 bits per heavy atom. The molecule has 3 rings (SSSR count). The minimum Gasteiger partial charge on any atom is -0.490 e. The van der Waals surface area contributed by atoms with Crippen LogP contribution in [0.15, 0.2) is 47.1 Å². The number of nitrogens with zero attached hydrogens (tertiary/aromatic N) is 1. The van der Waals surface area contributed by atoms with Crippen LogP contribution in [-0.4, -0.2) is 17.6 Å². The third-order valence-electron chi connectivity index (χ3n) is 3.07. The Morgan fingerprint density at radius 1 is 1.22 bits per heavy atom.